The first-order chi connectivity index (χ1) is 11.3. The van der Waals surface area contributed by atoms with Crippen LogP contribution in [0.25, 0.3) is 0 Å². The molecule has 1 saturated carbocycles. The van der Waals surface area contributed by atoms with Gasteiger partial charge in [-0.1, -0.05) is 25.5 Å². The van der Waals surface area contributed by atoms with E-state index in [2.05, 4.69) is 13.8 Å². The monoisotopic (exact) mass is 332 g/mol. The average molecular weight is 332 g/mol. The molecule has 0 saturated heterocycles. The second kappa shape index (κ2) is 6.07. The summed E-state index contributed by atoms with van der Waals surface area (Å²) in [5.41, 5.74) is 0.735. The lowest BCUT2D eigenvalue weighted by atomic mass is 9.45. The van der Waals surface area contributed by atoms with E-state index < -0.39 is 17.5 Å². The van der Waals surface area contributed by atoms with Gasteiger partial charge in [0.2, 0.25) is 0 Å². The normalized spacial score (nSPS) is 39.2. The number of aliphatic carboxylic acids is 1. The van der Waals surface area contributed by atoms with Crippen molar-refractivity contribution in [1.82, 2.24) is 0 Å². The molecule has 4 heteroatoms. The Balaban J connectivity index is 1.99. The molecule has 1 aromatic rings. The molecule has 5 unspecified atom stereocenters. The van der Waals surface area contributed by atoms with Gasteiger partial charge in [0.15, 0.2) is 0 Å². The number of hydrogen-bond acceptors (Lipinski definition) is 3. The van der Waals surface area contributed by atoms with Gasteiger partial charge in [-0.15, -0.1) is 0 Å². The summed E-state index contributed by atoms with van der Waals surface area (Å²) in [5, 5.41) is 20.9. The Bertz CT molecular complexity index is 632. The first kappa shape index (κ1) is 17.3. The molecule has 0 aromatic carbocycles. The molecule has 4 nitrogen and oxygen atoms in total. The highest BCUT2D eigenvalue weighted by Crippen LogP contribution is 2.62. The molecular formula is C20H28O4. The topological polar surface area (TPSA) is 70.7 Å². The molecule has 3 rings (SSSR count). The van der Waals surface area contributed by atoms with Crippen LogP contribution >= 0.6 is 0 Å². The highest BCUT2D eigenvalue weighted by molar-refractivity contribution is 5.80. The number of aliphatic hydroxyl groups is 1. The van der Waals surface area contributed by atoms with Gasteiger partial charge in [-0.25, -0.2) is 0 Å². The fourth-order valence-electron chi connectivity index (χ4n) is 5.35. The third kappa shape index (κ3) is 2.34. The second-order valence-corrected chi connectivity index (χ2v) is 7.98. The van der Waals surface area contributed by atoms with Crippen molar-refractivity contribution in [1.29, 1.82) is 0 Å². The first-order valence-corrected chi connectivity index (χ1v) is 8.93. The first-order valence-electron chi connectivity index (χ1n) is 8.93. The zero-order chi connectivity index (χ0) is 17.5. The van der Waals surface area contributed by atoms with E-state index >= 15 is 0 Å². The number of allylic oxidation sites excluding steroid dienone is 1. The summed E-state index contributed by atoms with van der Waals surface area (Å²) in [7, 11) is 0. The Morgan fingerprint density at radius 1 is 1.46 bits per heavy atom. The van der Waals surface area contributed by atoms with Crippen LogP contribution < -0.4 is 0 Å². The molecule has 24 heavy (non-hydrogen) atoms. The Morgan fingerprint density at radius 3 is 2.83 bits per heavy atom. The fraction of sp³-hybridized carbons (Fsp3) is 0.650. The van der Waals surface area contributed by atoms with Gasteiger partial charge in [-0.05, 0) is 67.9 Å². The maximum Gasteiger partial charge on any atom is 0.316 e. The van der Waals surface area contributed by atoms with Crippen LogP contribution in [0, 0.1) is 22.7 Å². The summed E-state index contributed by atoms with van der Waals surface area (Å²) in [6, 6.07) is 1.97. The maximum atomic E-state index is 12.3. The van der Waals surface area contributed by atoms with E-state index in [9.17, 15) is 15.0 Å². The van der Waals surface area contributed by atoms with Crippen molar-refractivity contribution in [3.05, 3.63) is 35.8 Å². The van der Waals surface area contributed by atoms with E-state index in [4.69, 9.17) is 4.42 Å². The van der Waals surface area contributed by atoms with E-state index in [-0.39, 0.29) is 17.3 Å². The van der Waals surface area contributed by atoms with Gasteiger partial charge in [-0.3, -0.25) is 4.79 Å². The lowest BCUT2D eigenvalue weighted by molar-refractivity contribution is -0.181. The van der Waals surface area contributed by atoms with Gasteiger partial charge < -0.3 is 14.6 Å². The number of carboxylic acids is 1. The lowest BCUT2D eigenvalue weighted by Crippen LogP contribution is -2.61. The molecule has 0 radical (unpaired) electrons. The summed E-state index contributed by atoms with van der Waals surface area (Å²) >= 11 is 0. The number of fused-ring (bicyclic) bond motifs is 1. The zero-order valence-electron chi connectivity index (χ0n) is 14.8. The van der Waals surface area contributed by atoms with Crippen molar-refractivity contribution in [2.24, 2.45) is 22.7 Å². The highest BCUT2D eigenvalue weighted by Gasteiger charge is 2.63. The van der Waals surface area contributed by atoms with E-state index in [0.717, 1.165) is 36.8 Å². The van der Waals surface area contributed by atoms with Crippen LogP contribution in [0.15, 0.2) is 34.7 Å². The van der Waals surface area contributed by atoms with Crippen molar-refractivity contribution in [2.75, 3.05) is 0 Å². The van der Waals surface area contributed by atoms with Gasteiger partial charge in [0.05, 0.1) is 18.6 Å². The fourth-order valence-corrected chi connectivity index (χ4v) is 5.35. The Labute approximate surface area is 143 Å². The van der Waals surface area contributed by atoms with Crippen LogP contribution in [0.2, 0.25) is 0 Å². The number of rotatable bonds is 4. The third-order valence-corrected chi connectivity index (χ3v) is 7.02. The average Bonchev–Trinajstić information content (AvgIpc) is 3.04. The Morgan fingerprint density at radius 2 is 2.21 bits per heavy atom. The van der Waals surface area contributed by atoms with E-state index in [1.807, 2.05) is 19.1 Å². The minimum absolute atomic E-state index is 0.0434. The molecule has 2 aliphatic rings. The minimum Gasteiger partial charge on any atom is -0.481 e. The van der Waals surface area contributed by atoms with Gasteiger partial charge in [-0.2, -0.15) is 0 Å². The molecule has 0 bridgehead atoms. The highest BCUT2D eigenvalue weighted by atomic mass is 16.4. The van der Waals surface area contributed by atoms with Crippen molar-refractivity contribution in [2.45, 2.75) is 59.0 Å². The molecule has 5 atom stereocenters. The summed E-state index contributed by atoms with van der Waals surface area (Å²) < 4.78 is 5.17. The predicted octanol–water partition coefficient (Wildman–Crippen LogP) is 4.05. The quantitative estimate of drug-likeness (QED) is 0.816. The van der Waals surface area contributed by atoms with Crippen LogP contribution in [-0.2, 0) is 11.2 Å². The molecule has 1 fully saturated rings. The van der Waals surface area contributed by atoms with Gasteiger partial charge in [0.1, 0.15) is 5.41 Å². The van der Waals surface area contributed by atoms with Crippen LogP contribution in [0.5, 0.6) is 0 Å². The van der Waals surface area contributed by atoms with Crippen molar-refractivity contribution >= 4 is 5.97 Å². The van der Waals surface area contributed by atoms with Crippen molar-refractivity contribution < 1.29 is 19.4 Å². The molecule has 132 valence electrons. The molecule has 1 aromatic heterocycles. The number of hydrogen-bond donors (Lipinski definition) is 2. The molecule has 2 aliphatic carbocycles. The number of furan rings is 1. The number of carboxylic acid groups (broad SMARTS) is 1. The van der Waals surface area contributed by atoms with Crippen LogP contribution in [0.3, 0.4) is 0 Å². The van der Waals surface area contributed by atoms with Gasteiger partial charge in [0, 0.05) is 0 Å². The number of aliphatic hydroxyl groups excluding tert-OH is 1. The summed E-state index contributed by atoms with van der Waals surface area (Å²) in [4.78, 5) is 12.3. The summed E-state index contributed by atoms with van der Waals surface area (Å²) in [6.45, 7) is 6.28. The number of carbonyl (C=O) groups is 1. The SMILES string of the molecule is CC1=CCCC2C(C)(CCc3ccoc3)C(C)CC(O)C12C(=O)O. The van der Waals surface area contributed by atoms with Crippen LogP contribution in [0.1, 0.15) is 52.0 Å². The van der Waals surface area contributed by atoms with E-state index in [1.54, 1.807) is 12.5 Å². The second-order valence-electron chi connectivity index (χ2n) is 7.98. The van der Waals surface area contributed by atoms with E-state index in [1.165, 1.54) is 0 Å². The minimum atomic E-state index is -1.13. The van der Waals surface area contributed by atoms with Crippen LogP contribution in [0.4, 0.5) is 0 Å². The zero-order valence-corrected chi connectivity index (χ0v) is 14.8. The molecular weight excluding hydrogens is 304 g/mol. The van der Waals surface area contributed by atoms with Gasteiger partial charge in [0.25, 0.3) is 0 Å². The Kier molecular flexibility index (Phi) is 4.37. The largest absolute Gasteiger partial charge is 0.481 e. The molecule has 0 amide bonds. The van der Waals surface area contributed by atoms with E-state index in [0.29, 0.717) is 6.42 Å². The molecule has 0 aliphatic heterocycles. The van der Waals surface area contributed by atoms with Gasteiger partial charge >= 0.3 is 5.97 Å². The number of aryl methyl sites for hydroxylation is 1. The Hall–Kier alpha value is -1.55. The third-order valence-electron chi connectivity index (χ3n) is 7.02. The standard InChI is InChI=1S/C20H28O4/c1-13-5-4-6-16-19(3,9-7-15-8-10-24-12-15)14(2)11-17(21)20(13,16)18(22)23/h5,8,10,12,14,16-17,21H,4,6-7,9,11H2,1-3H3,(H,22,23). The molecule has 1 heterocycles. The summed E-state index contributed by atoms with van der Waals surface area (Å²) in [6.07, 6.45) is 8.70. The maximum absolute atomic E-state index is 12.3. The predicted molar refractivity (Wildman–Crippen MR) is 91.5 cm³/mol. The lowest BCUT2D eigenvalue weighted by Gasteiger charge is -2.59. The van der Waals surface area contributed by atoms with Crippen molar-refractivity contribution in [3.63, 3.8) is 0 Å². The van der Waals surface area contributed by atoms with Crippen LogP contribution in [-0.4, -0.2) is 22.3 Å². The molecule has 0 spiro atoms. The summed E-state index contributed by atoms with van der Waals surface area (Å²) in [5.74, 6) is -0.629. The smallest absolute Gasteiger partial charge is 0.316 e. The van der Waals surface area contributed by atoms with Crippen molar-refractivity contribution in [3.8, 4) is 0 Å². The molecule has 2 N–H and O–H groups in total.